The normalized spacial score (nSPS) is 21.3. The number of rotatable bonds is 6. The molecule has 0 aromatic heterocycles. The standard InChI is InChI=1S/C25H30F3N5O3/c1-5-29-12-10-18(4)30-23(36)31-13-11-24(16-31)22(35)32(17(2)3)15-21(34)33(24)14-19-6-8-20(9-7-19)25(26,27)28/h5-10,12,17H,1,11,13-16H2,2-4H3,(H,30,36)/b18-10+,29-12-. The van der Waals surface area contributed by atoms with Crippen molar-refractivity contribution in [3.8, 4) is 0 Å². The molecule has 1 atom stereocenters. The molecular weight excluding hydrogens is 475 g/mol. The summed E-state index contributed by atoms with van der Waals surface area (Å²) in [5, 5.41) is 2.74. The van der Waals surface area contributed by atoms with Gasteiger partial charge in [0.05, 0.1) is 12.1 Å². The molecule has 11 heteroatoms. The van der Waals surface area contributed by atoms with Crippen LogP contribution in [0.25, 0.3) is 0 Å². The number of urea groups is 1. The second-order valence-electron chi connectivity index (χ2n) is 9.17. The van der Waals surface area contributed by atoms with Gasteiger partial charge in [-0.05, 0) is 51.0 Å². The lowest BCUT2D eigenvalue weighted by Crippen LogP contribution is -2.70. The molecule has 0 aliphatic carbocycles. The fraction of sp³-hybridized carbons (Fsp3) is 0.440. The quantitative estimate of drug-likeness (QED) is 0.600. The highest BCUT2D eigenvalue weighted by molar-refractivity contribution is 5.99. The summed E-state index contributed by atoms with van der Waals surface area (Å²) in [6, 6.07) is 3.87. The Hall–Kier alpha value is -3.63. The van der Waals surface area contributed by atoms with E-state index in [2.05, 4.69) is 16.9 Å². The van der Waals surface area contributed by atoms with Crippen molar-refractivity contribution in [2.75, 3.05) is 19.6 Å². The number of carbonyl (C=O) groups excluding carboxylic acids is 3. The Morgan fingerprint density at radius 1 is 1.25 bits per heavy atom. The monoisotopic (exact) mass is 505 g/mol. The first-order valence-electron chi connectivity index (χ1n) is 11.5. The van der Waals surface area contributed by atoms with Crippen molar-refractivity contribution in [3.63, 3.8) is 0 Å². The topological polar surface area (TPSA) is 85.3 Å². The van der Waals surface area contributed by atoms with Gasteiger partial charge in [0.2, 0.25) is 5.91 Å². The lowest BCUT2D eigenvalue weighted by atomic mass is 9.89. The van der Waals surface area contributed by atoms with Crippen molar-refractivity contribution in [2.45, 2.75) is 51.5 Å². The Morgan fingerprint density at radius 2 is 1.92 bits per heavy atom. The van der Waals surface area contributed by atoms with Crippen LogP contribution < -0.4 is 5.32 Å². The average molecular weight is 506 g/mol. The van der Waals surface area contributed by atoms with Gasteiger partial charge in [0.25, 0.3) is 5.91 Å². The van der Waals surface area contributed by atoms with Crippen molar-refractivity contribution >= 4 is 24.1 Å². The number of hydrogen-bond acceptors (Lipinski definition) is 4. The third kappa shape index (κ3) is 5.60. The highest BCUT2D eigenvalue weighted by Gasteiger charge is 2.57. The van der Waals surface area contributed by atoms with Crippen LogP contribution in [-0.2, 0) is 22.3 Å². The highest BCUT2D eigenvalue weighted by atomic mass is 19.4. The van der Waals surface area contributed by atoms with Gasteiger partial charge < -0.3 is 20.0 Å². The smallest absolute Gasteiger partial charge is 0.329 e. The van der Waals surface area contributed by atoms with Gasteiger partial charge in [-0.1, -0.05) is 18.7 Å². The molecule has 3 rings (SSSR count). The zero-order valence-electron chi connectivity index (χ0n) is 20.5. The van der Waals surface area contributed by atoms with Crippen LogP contribution >= 0.6 is 0 Å². The Kier molecular flexibility index (Phi) is 7.90. The van der Waals surface area contributed by atoms with Gasteiger partial charge in [-0.3, -0.25) is 14.6 Å². The minimum atomic E-state index is -4.47. The first-order chi connectivity index (χ1) is 16.9. The summed E-state index contributed by atoms with van der Waals surface area (Å²) in [5.74, 6) is -0.591. The molecule has 1 aromatic rings. The van der Waals surface area contributed by atoms with E-state index in [1.54, 1.807) is 13.0 Å². The number of hydrogen-bond donors (Lipinski definition) is 1. The van der Waals surface area contributed by atoms with Crippen molar-refractivity contribution in [1.29, 1.82) is 0 Å². The van der Waals surface area contributed by atoms with Crippen molar-refractivity contribution in [2.24, 2.45) is 4.99 Å². The zero-order chi connectivity index (χ0) is 26.7. The summed E-state index contributed by atoms with van der Waals surface area (Å²) in [7, 11) is 0. The highest BCUT2D eigenvalue weighted by Crippen LogP contribution is 2.36. The molecule has 4 amide bonds. The van der Waals surface area contributed by atoms with Gasteiger partial charge >= 0.3 is 12.2 Å². The van der Waals surface area contributed by atoms with E-state index in [9.17, 15) is 27.6 Å². The van der Waals surface area contributed by atoms with E-state index < -0.39 is 23.3 Å². The van der Waals surface area contributed by atoms with Crippen LogP contribution in [0.2, 0.25) is 0 Å². The molecule has 2 saturated heterocycles. The van der Waals surface area contributed by atoms with Crippen LogP contribution in [-0.4, -0.2) is 70.0 Å². The maximum atomic E-state index is 13.7. The van der Waals surface area contributed by atoms with E-state index in [4.69, 9.17) is 0 Å². The summed E-state index contributed by atoms with van der Waals surface area (Å²) in [5.41, 5.74) is -1.10. The number of benzene rings is 1. The number of alkyl halides is 3. The zero-order valence-corrected chi connectivity index (χ0v) is 20.5. The van der Waals surface area contributed by atoms with Gasteiger partial charge in [-0.15, -0.1) is 0 Å². The molecule has 1 unspecified atom stereocenters. The molecule has 2 fully saturated rings. The number of amides is 4. The maximum absolute atomic E-state index is 13.7. The molecule has 2 aliphatic rings. The largest absolute Gasteiger partial charge is 0.416 e. The van der Waals surface area contributed by atoms with Crippen LogP contribution in [0.1, 0.15) is 38.3 Å². The molecule has 0 saturated carbocycles. The SMILES string of the molecule is C=C/N=C\C=C(/C)NC(=O)N1CCC2(C1)C(=O)N(C(C)C)CC(=O)N2Cc1ccc(C(F)(F)F)cc1. The Labute approximate surface area is 208 Å². The van der Waals surface area contributed by atoms with E-state index >= 15 is 0 Å². The fourth-order valence-electron chi connectivity index (χ4n) is 4.43. The second-order valence-corrected chi connectivity index (χ2v) is 9.17. The Balaban J connectivity index is 1.87. The predicted molar refractivity (Wildman–Crippen MR) is 129 cm³/mol. The van der Waals surface area contributed by atoms with Gasteiger partial charge in [-0.2, -0.15) is 13.2 Å². The van der Waals surface area contributed by atoms with Gasteiger partial charge in [0.1, 0.15) is 12.1 Å². The predicted octanol–water partition coefficient (Wildman–Crippen LogP) is 3.56. The number of carbonyl (C=O) groups is 3. The number of aliphatic imine (C=N–C) groups is 1. The summed E-state index contributed by atoms with van der Waals surface area (Å²) < 4.78 is 38.9. The molecular formula is C25H30F3N5O3. The van der Waals surface area contributed by atoms with Crippen LogP contribution in [0.5, 0.6) is 0 Å². The van der Waals surface area contributed by atoms with E-state index in [-0.39, 0.29) is 50.5 Å². The molecule has 1 aromatic carbocycles. The number of nitrogens with one attached hydrogen (secondary N) is 1. The number of likely N-dealkylation sites (tertiary alicyclic amines) is 1. The fourth-order valence-corrected chi connectivity index (χ4v) is 4.43. The van der Waals surface area contributed by atoms with Crippen molar-refractivity contribution < 1.29 is 27.6 Å². The average Bonchev–Trinajstić information content (AvgIpc) is 3.25. The van der Waals surface area contributed by atoms with Gasteiger partial charge in [-0.25, -0.2) is 4.79 Å². The number of halogens is 3. The summed E-state index contributed by atoms with van der Waals surface area (Å²) in [6.45, 7) is 8.81. The number of piperazine rings is 1. The third-order valence-corrected chi connectivity index (χ3v) is 6.38. The number of allylic oxidation sites excluding steroid dienone is 2. The summed E-state index contributed by atoms with van der Waals surface area (Å²) in [4.78, 5) is 48.0. The van der Waals surface area contributed by atoms with Crippen molar-refractivity contribution in [3.05, 3.63) is 59.9 Å². The van der Waals surface area contributed by atoms with Crippen LogP contribution in [0.15, 0.2) is 53.8 Å². The van der Waals surface area contributed by atoms with Crippen molar-refractivity contribution in [1.82, 2.24) is 20.0 Å². The third-order valence-electron chi connectivity index (χ3n) is 6.38. The van der Waals surface area contributed by atoms with E-state index in [0.717, 1.165) is 12.1 Å². The molecule has 1 N–H and O–H groups in total. The second kappa shape index (κ2) is 10.5. The van der Waals surface area contributed by atoms with E-state index in [1.165, 1.54) is 39.2 Å². The lowest BCUT2D eigenvalue weighted by molar-refractivity contribution is -0.166. The molecule has 0 radical (unpaired) electrons. The lowest BCUT2D eigenvalue weighted by Gasteiger charge is -2.48. The molecule has 2 heterocycles. The summed E-state index contributed by atoms with van der Waals surface area (Å²) in [6.07, 6.45) is 0.169. The molecule has 36 heavy (non-hydrogen) atoms. The Morgan fingerprint density at radius 3 is 2.50 bits per heavy atom. The molecule has 0 bridgehead atoms. The first-order valence-corrected chi connectivity index (χ1v) is 11.5. The van der Waals surface area contributed by atoms with Gasteiger partial charge in [0.15, 0.2) is 0 Å². The van der Waals surface area contributed by atoms with E-state index in [1.807, 2.05) is 13.8 Å². The maximum Gasteiger partial charge on any atom is 0.416 e. The minimum absolute atomic E-state index is 0.0265. The Bertz CT molecular complexity index is 1080. The van der Waals surface area contributed by atoms with Crippen LogP contribution in [0.3, 0.4) is 0 Å². The minimum Gasteiger partial charge on any atom is -0.329 e. The molecule has 194 valence electrons. The van der Waals surface area contributed by atoms with E-state index in [0.29, 0.717) is 11.3 Å². The number of nitrogens with zero attached hydrogens (tertiary/aromatic N) is 4. The molecule has 1 spiro atoms. The van der Waals surface area contributed by atoms with Crippen LogP contribution in [0.4, 0.5) is 18.0 Å². The van der Waals surface area contributed by atoms with Crippen LogP contribution in [0, 0.1) is 0 Å². The summed E-state index contributed by atoms with van der Waals surface area (Å²) >= 11 is 0. The molecule has 8 nitrogen and oxygen atoms in total. The van der Waals surface area contributed by atoms with Gasteiger partial charge in [0, 0.05) is 37.2 Å². The molecule has 2 aliphatic heterocycles. The first kappa shape index (κ1) is 27.0.